The van der Waals surface area contributed by atoms with Gasteiger partial charge in [0.25, 0.3) is 0 Å². The first-order valence-electron chi connectivity index (χ1n) is 13.2. The molecule has 0 saturated heterocycles. The molecule has 1 atom stereocenters. The molecule has 1 aliphatic carbocycles. The molecule has 1 saturated carbocycles. The molecule has 204 valence electrons. The van der Waals surface area contributed by atoms with E-state index in [1.54, 1.807) is 53.3 Å². The van der Waals surface area contributed by atoms with Gasteiger partial charge in [-0.2, -0.15) is 0 Å². The van der Waals surface area contributed by atoms with E-state index in [1.807, 2.05) is 41.8 Å². The van der Waals surface area contributed by atoms with Crippen molar-refractivity contribution in [3.05, 3.63) is 70.4 Å². The van der Waals surface area contributed by atoms with Gasteiger partial charge in [0.2, 0.25) is 11.8 Å². The van der Waals surface area contributed by atoms with Crippen molar-refractivity contribution >= 4 is 34.2 Å². The number of fused-ring (bicyclic) bond motifs is 1. The minimum Gasteiger partial charge on any atom is -0.497 e. The van der Waals surface area contributed by atoms with Gasteiger partial charge < -0.3 is 19.7 Å². The Labute approximate surface area is 231 Å². The molecule has 9 nitrogen and oxygen atoms in total. The van der Waals surface area contributed by atoms with Gasteiger partial charge in [-0.1, -0.05) is 42.7 Å². The van der Waals surface area contributed by atoms with Gasteiger partial charge in [0.1, 0.15) is 29.6 Å². The number of ether oxygens (including phenoxy) is 2. The Kier molecular flexibility index (Phi) is 8.41. The predicted octanol–water partition coefficient (Wildman–Crippen LogP) is 4.73. The average molecular weight is 548 g/mol. The van der Waals surface area contributed by atoms with Crippen molar-refractivity contribution in [2.45, 2.75) is 57.3 Å². The van der Waals surface area contributed by atoms with Gasteiger partial charge in [0.15, 0.2) is 0 Å². The Morgan fingerprint density at radius 1 is 1.08 bits per heavy atom. The van der Waals surface area contributed by atoms with Crippen molar-refractivity contribution in [3.8, 4) is 11.5 Å². The summed E-state index contributed by atoms with van der Waals surface area (Å²) in [7, 11) is 3.14. The van der Waals surface area contributed by atoms with E-state index in [0.717, 1.165) is 36.1 Å². The minimum absolute atomic E-state index is 0.0641. The van der Waals surface area contributed by atoms with Crippen molar-refractivity contribution < 1.29 is 19.1 Å². The fourth-order valence-electron chi connectivity index (χ4n) is 5.18. The summed E-state index contributed by atoms with van der Waals surface area (Å²) in [5, 5.41) is 13.6. The number of carbonyl (C=O) groups excluding carboxylic acids is 2. The normalized spacial score (nSPS) is 14.6. The Hall–Kier alpha value is -3.92. The van der Waals surface area contributed by atoms with E-state index < -0.39 is 6.04 Å². The Balaban J connectivity index is 1.56. The minimum atomic E-state index is -0.943. The third-order valence-corrected chi connectivity index (χ3v) is 8.04. The third kappa shape index (κ3) is 6.06. The van der Waals surface area contributed by atoms with Crippen LogP contribution in [0, 0.1) is 0 Å². The van der Waals surface area contributed by atoms with Crippen molar-refractivity contribution in [3.63, 3.8) is 0 Å². The maximum absolute atomic E-state index is 14.1. The second-order valence-electron chi connectivity index (χ2n) is 9.69. The highest BCUT2D eigenvalue weighted by Crippen LogP contribution is 2.35. The van der Waals surface area contributed by atoms with Crippen molar-refractivity contribution in [2.24, 2.45) is 0 Å². The number of benzene rings is 2. The zero-order valence-electron chi connectivity index (χ0n) is 22.2. The molecule has 5 rings (SSSR count). The largest absolute Gasteiger partial charge is 0.497 e. The summed E-state index contributed by atoms with van der Waals surface area (Å²) in [6.07, 6.45) is 5.19. The molecule has 2 amide bonds. The molecule has 1 unspecified atom stereocenters. The second-order valence-corrected chi connectivity index (χ2v) is 10.7. The van der Waals surface area contributed by atoms with E-state index >= 15 is 0 Å². The summed E-state index contributed by atoms with van der Waals surface area (Å²) in [5.41, 5.74) is 2.03. The van der Waals surface area contributed by atoms with Gasteiger partial charge >= 0.3 is 0 Å². The molecule has 0 radical (unpaired) electrons. The fourth-order valence-corrected chi connectivity index (χ4v) is 5.88. The molecular formula is C29H33N5O4S. The molecule has 1 fully saturated rings. The van der Waals surface area contributed by atoms with Crippen molar-refractivity contribution in [2.75, 3.05) is 14.2 Å². The molecule has 39 heavy (non-hydrogen) atoms. The van der Waals surface area contributed by atoms with Crippen molar-refractivity contribution in [1.82, 2.24) is 25.2 Å². The summed E-state index contributed by atoms with van der Waals surface area (Å²) in [5.74, 6) is 0.594. The van der Waals surface area contributed by atoms with Crippen LogP contribution in [-0.2, 0) is 22.7 Å². The lowest BCUT2D eigenvalue weighted by molar-refractivity contribution is -0.142. The number of carbonyl (C=O) groups is 2. The highest BCUT2D eigenvalue weighted by Gasteiger charge is 2.36. The Morgan fingerprint density at radius 2 is 1.90 bits per heavy atom. The molecule has 2 aromatic heterocycles. The van der Waals surface area contributed by atoms with E-state index in [1.165, 1.54) is 6.42 Å². The van der Waals surface area contributed by atoms with Crippen molar-refractivity contribution in [1.29, 1.82) is 0 Å². The topological polar surface area (TPSA) is 98.6 Å². The van der Waals surface area contributed by atoms with Gasteiger partial charge in [0.05, 0.1) is 26.3 Å². The highest BCUT2D eigenvalue weighted by atomic mass is 32.1. The van der Waals surface area contributed by atoms with Crippen LogP contribution in [0.15, 0.2) is 60.0 Å². The zero-order chi connectivity index (χ0) is 27.2. The number of amides is 2. The summed E-state index contributed by atoms with van der Waals surface area (Å²) >= 11 is 1.54. The lowest BCUT2D eigenvalue weighted by Crippen LogP contribution is -2.47. The van der Waals surface area contributed by atoms with Crippen LogP contribution in [0.5, 0.6) is 11.5 Å². The average Bonchev–Trinajstić information content (AvgIpc) is 3.63. The molecule has 1 N–H and O–H groups in total. The Bertz CT molecular complexity index is 1410. The number of para-hydroxylation sites is 1. The number of rotatable bonds is 10. The van der Waals surface area contributed by atoms with E-state index in [0.29, 0.717) is 22.6 Å². The molecule has 0 aliphatic heterocycles. The van der Waals surface area contributed by atoms with Gasteiger partial charge in [-0.3, -0.25) is 9.59 Å². The summed E-state index contributed by atoms with van der Waals surface area (Å²) in [6, 6.07) is 15.9. The maximum atomic E-state index is 14.1. The van der Waals surface area contributed by atoms with Crippen LogP contribution < -0.4 is 14.8 Å². The number of methoxy groups -OCH3 is 2. The van der Waals surface area contributed by atoms with Crippen LogP contribution in [0.4, 0.5) is 0 Å². The standard InChI is InChI=1S/C29H33N5O4S/c1-37-21-14-15-26(38-2)23(17-21)28(29(36)30-20-9-4-3-5-10-20)33(18-22-11-8-16-39-22)27(35)19-34-25-13-7-6-12-24(25)31-32-34/h6-8,11-17,20,28H,3-5,9-10,18-19H2,1-2H3,(H,30,36). The fraction of sp³-hybridized carbons (Fsp3) is 0.379. The maximum Gasteiger partial charge on any atom is 0.247 e. The number of aromatic nitrogens is 3. The Morgan fingerprint density at radius 3 is 2.64 bits per heavy atom. The molecule has 0 spiro atoms. The molecular weight excluding hydrogens is 514 g/mol. The van der Waals surface area contributed by atoms with Crippen LogP contribution in [0.2, 0.25) is 0 Å². The van der Waals surface area contributed by atoms with E-state index in [-0.39, 0.29) is 30.9 Å². The molecule has 10 heteroatoms. The predicted molar refractivity (Wildman–Crippen MR) is 150 cm³/mol. The number of hydrogen-bond donors (Lipinski definition) is 1. The van der Waals surface area contributed by atoms with Crippen LogP contribution in [0.3, 0.4) is 0 Å². The SMILES string of the molecule is COc1ccc(OC)c(C(C(=O)NC2CCCCC2)N(Cc2cccs2)C(=O)Cn2nnc3ccccc32)c1. The molecule has 1 aliphatic rings. The second kappa shape index (κ2) is 12.3. The lowest BCUT2D eigenvalue weighted by Gasteiger charge is -2.34. The highest BCUT2D eigenvalue weighted by molar-refractivity contribution is 7.09. The van der Waals surface area contributed by atoms with E-state index in [2.05, 4.69) is 15.6 Å². The van der Waals surface area contributed by atoms with Crippen LogP contribution in [0.25, 0.3) is 11.0 Å². The van der Waals surface area contributed by atoms with E-state index in [4.69, 9.17) is 9.47 Å². The van der Waals surface area contributed by atoms with E-state index in [9.17, 15) is 9.59 Å². The van der Waals surface area contributed by atoms with Gasteiger partial charge in [-0.25, -0.2) is 4.68 Å². The number of nitrogens with one attached hydrogen (secondary N) is 1. The molecule has 2 heterocycles. The van der Waals surface area contributed by atoms with Crippen LogP contribution in [-0.4, -0.2) is 52.0 Å². The van der Waals surface area contributed by atoms with Gasteiger partial charge in [0, 0.05) is 16.5 Å². The zero-order valence-corrected chi connectivity index (χ0v) is 23.0. The first-order valence-corrected chi connectivity index (χ1v) is 14.1. The summed E-state index contributed by atoms with van der Waals surface area (Å²) < 4.78 is 12.8. The molecule has 0 bridgehead atoms. The van der Waals surface area contributed by atoms with Gasteiger partial charge in [-0.15, -0.1) is 16.4 Å². The molecule has 2 aromatic carbocycles. The lowest BCUT2D eigenvalue weighted by atomic mass is 9.94. The van der Waals surface area contributed by atoms with Gasteiger partial charge in [-0.05, 0) is 54.6 Å². The smallest absolute Gasteiger partial charge is 0.247 e. The first-order chi connectivity index (χ1) is 19.1. The number of thiophene rings is 1. The summed E-state index contributed by atoms with van der Waals surface area (Å²) in [4.78, 5) is 30.9. The first kappa shape index (κ1) is 26.7. The monoisotopic (exact) mass is 547 g/mol. The molecule has 4 aromatic rings. The summed E-state index contributed by atoms with van der Waals surface area (Å²) in [6.45, 7) is 0.192. The third-order valence-electron chi connectivity index (χ3n) is 7.17. The number of hydrogen-bond acceptors (Lipinski definition) is 7. The number of nitrogens with zero attached hydrogens (tertiary/aromatic N) is 4. The van der Waals surface area contributed by atoms with Crippen LogP contribution in [0.1, 0.15) is 48.6 Å². The van der Waals surface area contributed by atoms with Crippen LogP contribution >= 0.6 is 11.3 Å². The quantitative estimate of drug-likeness (QED) is 0.308.